The summed E-state index contributed by atoms with van der Waals surface area (Å²) in [4.78, 5) is 32.4. The zero-order valence-electron chi connectivity index (χ0n) is 16.4. The molecule has 1 aliphatic heterocycles. The molecule has 2 aromatic rings. The fourth-order valence-corrected chi connectivity index (χ4v) is 3.94. The van der Waals surface area contributed by atoms with E-state index in [0.717, 1.165) is 53.0 Å². The van der Waals surface area contributed by atoms with Gasteiger partial charge in [-0.2, -0.15) is 0 Å². The molecule has 144 valence electrons. The number of carbonyl (C=O) groups excluding carboxylic acids is 2. The van der Waals surface area contributed by atoms with Crippen LogP contribution in [0.4, 0.5) is 11.4 Å². The number of amides is 2. The van der Waals surface area contributed by atoms with E-state index in [0.29, 0.717) is 6.54 Å². The van der Waals surface area contributed by atoms with E-state index in [2.05, 4.69) is 5.32 Å². The molecular formula is C23H25N3O2. The topological polar surface area (TPSA) is 61.8 Å². The summed E-state index contributed by atoms with van der Waals surface area (Å²) in [5, 5.41) is 2.93. The fraction of sp³-hybridized carbons (Fsp3) is 0.348. The molecule has 1 unspecified atom stereocenters. The van der Waals surface area contributed by atoms with Crippen LogP contribution in [0.25, 0.3) is 0 Å². The maximum absolute atomic E-state index is 13.3. The Bertz CT molecular complexity index is 950. The minimum atomic E-state index is -0.199. The van der Waals surface area contributed by atoms with E-state index in [1.165, 1.54) is 0 Å². The standard InChI is InChI=1S/C23H25N3O2/c1-15-11-20-21(12-16(15)2)26(23(28)18-9-6-10-19(18)25-20)14-22(27)24-13-17-7-4-3-5-8-17/h3-5,7-8,11-12,18H,6,9-10,13-14H2,1-2H3,(H,24,27). The van der Waals surface area contributed by atoms with Gasteiger partial charge in [-0.15, -0.1) is 0 Å². The smallest absolute Gasteiger partial charge is 0.240 e. The summed E-state index contributed by atoms with van der Waals surface area (Å²) in [7, 11) is 0. The summed E-state index contributed by atoms with van der Waals surface area (Å²) >= 11 is 0. The first-order chi connectivity index (χ1) is 13.5. The van der Waals surface area contributed by atoms with Crippen molar-refractivity contribution in [2.45, 2.75) is 39.7 Å². The molecule has 1 N–H and O–H groups in total. The molecule has 1 aliphatic carbocycles. The van der Waals surface area contributed by atoms with E-state index >= 15 is 0 Å². The number of aryl methyl sites for hydroxylation is 2. The normalized spacial score (nSPS) is 18.2. The number of rotatable bonds is 4. The van der Waals surface area contributed by atoms with Gasteiger partial charge in [0.05, 0.1) is 17.3 Å². The number of anilines is 1. The van der Waals surface area contributed by atoms with Gasteiger partial charge in [-0.1, -0.05) is 30.3 Å². The van der Waals surface area contributed by atoms with Gasteiger partial charge in [0.1, 0.15) is 6.54 Å². The molecule has 0 saturated heterocycles. The van der Waals surface area contributed by atoms with E-state index < -0.39 is 0 Å². The molecule has 0 bridgehead atoms. The third kappa shape index (κ3) is 3.57. The average Bonchev–Trinajstić information content (AvgIpc) is 3.12. The number of nitrogens with zero attached hydrogens (tertiary/aromatic N) is 2. The highest BCUT2D eigenvalue weighted by atomic mass is 16.2. The van der Waals surface area contributed by atoms with Gasteiger partial charge in [0, 0.05) is 12.3 Å². The number of nitrogens with one attached hydrogen (secondary N) is 1. The monoisotopic (exact) mass is 375 g/mol. The second-order valence-electron chi connectivity index (χ2n) is 7.66. The highest BCUT2D eigenvalue weighted by Crippen LogP contribution is 2.39. The van der Waals surface area contributed by atoms with Gasteiger partial charge in [0.2, 0.25) is 11.8 Å². The lowest BCUT2D eigenvalue weighted by Crippen LogP contribution is -2.43. The van der Waals surface area contributed by atoms with Crippen LogP contribution in [0, 0.1) is 19.8 Å². The first-order valence-corrected chi connectivity index (χ1v) is 9.83. The van der Waals surface area contributed by atoms with Crippen molar-refractivity contribution in [2.24, 2.45) is 10.9 Å². The third-order valence-electron chi connectivity index (χ3n) is 5.67. The van der Waals surface area contributed by atoms with Gasteiger partial charge in [0.25, 0.3) is 0 Å². The summed E-state index contributed by atoms with van der Waals surface area (Å²) in [6, 6.07) is 13.8. The SMILES string of the molecule is Cc1cc2c(cc1C)N(CC(=O)NCc1ccccc1)C(=O)C1CCCC1=N2. The van der Waals surface area contributed by atoms with Crippen molar-refractivity contribution in [1.82, 2.24) is 5.32 Å². The molecule has 1 atom stereocenters. The van der Waals surface area contributed by atoms with Crippen LogP contribution in [-0.2, 0) is 16.1 Å². The lowest BCUT2D eigenvalue weighted by molar-refractivity contribution is -0.124. The van der Waals surface area contributed by atoms with E-state index in [4.69, 9.17) is 4.99 Å². The molecule has 5 heteroatoms. The molecular weight excluding hydrogens is 350 g/mol. The molecule has 2 aromatic carbocycles. The van der Waals surface area contributed by atoms with Crippen LogP contribution in [-0.4, -0.2) is 24.1 Å². The maximum Gasteiger partial charge on any atom is 0.240 e. The molecule has 1 saturated carbocycles. The number of aliphatic imine (C=N–C) groups is 1. The Morgan fingerprint density at radius 2 is 1.93 bits per heavy atom. The number of hydrogen-bond donors (Lipinski definition) is 1. The molecule has 4 rings (SSSR count). The summed E-state index contributed by atoms with van der Waals surface area (Å²) in [5.41, 5.74) is 5.76. The van der Waals surface area contributed by atoms with Crippen LogP contribution < -0.4 is 10.2 Å². The van der Waals surface area contributed by atoms with Crippen LogP contribution in [0.1, 0.15) is 36.0 Å². The fourth-order valence-electron chi connectivity index (χ4n) is 3.94. The molecule has 0 aromatic heterocycles. The van der Waals surface area contributed by atoms with E-state index in [1.54, 1.807) is 4.90 Å². The van der Waals surface area contributed by atoms with Crippen molar-refractivity contribution in [3.8, 4) is 0 Å². The number of benzene rings is 2. The summed E-state index contributed by atoms with van der Waals surface area (Å²) in [6.45, 7) is 4.53. The van der Waals surface area contributed by atoms with Crippen molar-refractivity contribution in [2.75, 3.05) is 11.4 Å². The Kier molecular flexibility index (Phi) is 4.99. The second-order valence-corrected chi connectivity index (χ2v) is 7.66. The van der Waals surface area contributed by atoms with Crippen molar-refractivity contribution in [3.63, 3.8) is 0 Å². The molecule has 5 nitrogen and oxygen atoms in total. The number of fused-ring (bicyclic) bond motifs is 2. The number of carbonyl (C=O) groups is 2. The van der Waals surface area contributed by atoms with Gasteiger partial charge in [-0.3, -0.25) is 14.6 Å². The molecule has 1 heterocycles. The lowest BCUT2D eigenvalue weighted by atomic mass is 10.0. The summed E-state index contributed by atoms with van der Waals surface area (Å²) in [6.07, 6.45) is 2.64. The largest absolute Gasteiger partial charge is 0.350 e. The predicted octanol–water partition coefficient (Wildman–Crippen LogP) is 3.84. The van der Waals surface area contributed by atoms with Gasteiger partial charge in [-0.25, -0.2) is 0 Å². The van der Waals surface area contributed by atoms with Crippen LogP contribution in [0.5, 0.6) is 0 Å². The molecule has 0 spiro atoms. The summed E-state index contributed by atoms with van der Waals surface area (Å²) < 4.78 is 0. The van der Waals surface area contributed by atoms with Gasteiger partial charge >= 0.3 is 0 Å². The lowest BCUT2D eigenvalue weighted by Gasteiger charge is -2.25. The van der Waals surface area contributed by atoms with E-state index in [1.807, 2.05) is 56.3 Å². The second kappa shape index (κ2) is 7.58. The molecule has 2 amide bonds. The van der Waals surface area contributed by atoms with Crippen LogP contribution in [0.2, 0.25) is 0 Å². The van der Waals surface area contributed by atoms with Crippen molar-refractivity contribution < 1.29 is 9.59 Å². The van der Waals surface area contributed by atoms with Gasteiger partial charge in [0.15, 0.2) is 0 Å². The first-order valence-electron chi connectivity index (χ1n) is 9.83. The summed E-state index contributed by atoms with van der Waals surface area (Å²) in [5.74, 6) is -0.370. The highest BCUT2D eigenvalue weighted by molar-refractivity contribution is 6.16. The van der Waals surface area contributed by atoms with Crippen molar-refractivity contribution in [1.29, 1.82) is 0 Å². The van der Waals surface area contributed by atoms with Gasteiger partial charge in [-0.05, 0) is 61.9 Å². The minimum Gasteiger partial charge on any atom is -0.350 e. The molecule has 1 fully saturated rings. The third-order valence-corrected chi connectivity index (χ3v) is 5.67. The predicted molar refractivity (Wildman–Crippen MR) is 111 cm³/mol. The zero-order chi connectivity index (χ0) is 19.7. The highest BCUT2D eigenvalue weighted by Gasteiger charge is 2.37. The number of hydrogen-bond acceptors (Lipinski definition) is 3. The Hall–Kier alpha value is -2.95. The zero-order valence-corrected chi connectivity index (χ0v) is 16.4. The van der Waals surface area contributed by atoms with E-state index in [-0.39, 0.29) is 24.3 Å². The Morgan fingerprint density at radius 3 is 2.71 bits per heavy atom. The van der Waals surface area contributed by atoms with Crippen LogP contribution in [0.3, 0.4) is 0 Å². The Balaban J connectivity index is 1.60. The maximum atomic E-state index is 13.3. The Labute approximate surface area is 165 Å². The van der Waals surface area contributed by atoms with Crippen molar-refractivity contribution >= 4 is 28.9 Å². The van der Waals surface area contributed by atoms with Crippen molar-refractivity contribution in [3.05, 3.63) is 59.2 Å². The quantitative estimate of drug-likeness (QED) is 0.883. The average molecular weight is 375 g/mol. The minimum absolute atomic E-state index is 0.00638. The molecule has 28 heavy (non-hydrogen) atoms. The van der Waals surface area contributed by atoms with Crippen LogP contribution >= 0.6 is 0 Å². The first kappa shape index (κ1) is 18.4. The molecule has 2 aliphatic rings. The van der Waals surface area contributed by atoms with E-state index in [9.17, 15) is 9.59 Å². The van der Waals surface area contributed by atoms with Crippen LogP contribution in [0.15, 0.2) is 47.5 Å². The van der Waals surface area contributed by atoms with Gasteiger partial charge < -0.3 is 10.2 Å². The molecule has 0 radical (unpaired) electrons. The Morgan fingerprint density at radius 1 is 1.18 bits per heavy atom.